The number of thiocarbonyl (C=S) groups is 1. The molecule has 1 saturated carbocycles. The van der Waals surface area contributed by atoms with E-state index in [1.807, 2.05) is 24.3 Å². The molecule has 0 amide bonds. The Balaban J connectivity index is 1.95. The summed E-state index contributed by atoms with van der Waals surface area (Å²) >= 11 is 4.93. The predicted octanol–water partition coefficient (Wildman–Crippen LogP) is 3.52. The third-order valence-electron chi connectivity index (χ3n) is 3.99. The number of rotatable bonds is 3. The van der Waals surface area contributed by atoms with Gasteiger partial charge in [0.2, 0.25) is 0 Å². The first-order valence-corrected chi connectivity index (χ1v) is 7.03. The summed E-state index contributed by atoms with van der Waals surface area (Å²) in [6.07, 6.45) is 3.92. The van der Waals surface area contributed by atoms with Crippen molar-refractivity contribution in [1.82, 2.24) is 0 Å². The normalized spacial score (nSPS) is 27.8. The first kappa shape index (κ1) is 13.3. The summed E-state index contributed by atoms with van der Waals surface area (Å²) in [6.45, 7) is 4.65. The molecule has 1 aliphatic carbocycles. The minimum atomic E-state index is 0.354. The van der Waals surface area contributed by atoms with Crippen LogP contribution in [0.3, 0.4) is 0 Å². The van der Waals surface area contributed by atoms with Crippen LogP contribution in [0.1, 0.15) is 38.7 Å². The van der Waals surface area contributed by atoms with Crippen molar-refractivity contribution < 1.29 is 4.74 Å². The van der Waals surface area contributed by atoms with Crippen LogP contribution in [-0.2, 0) is 0 Å². The second-order valence-electron chi connectivity index (χ2n) is 5.40. The van der Waals surface area contributed by atoms with Crippen molar-refractivity contribution in [2.75, 3.05) is 0 Å². The molecular weight excluding hydrogens is 242 g/mol. The molecule has 0 heterocycles. The van der Waals surface area contributed by atoms with Gasteiger partial charge in [-0.2, -0.15) is 0 Å². The molecule has 1 aliphatic rings. The molecule has 0 bridgehead atoms. The SMILES string of the molecule is CC1CCC(Oc2ccc(C(N)=S)cc2)CC1C. The van der Waals surface area contributed by atoms with Crippen LogP contribution in [0.2, 0.25) is 0 Å². The van der Waals surface area contributed by atoms with Gasteiger partial charge in [-0.3, -0.25) is 0 Å². The zero-order valence-electron chi connectivity index (χ0n) is 11.1. The molecular formula is C15H21NOS. The highest BCUT2D eigenvalue weighted by molar-refractivity contribution is 7.80. The highest BCUT2D eigenvalue weighted by Crippen LogP contribution is 2.31. The Morgan fingerprint density at radius 1 is 1.17 bits per heavy atom. The van der Waals surface area contributed by atoms with Crippen LogP contribution in [0.4, 0.5) is 0 Å². The zero-order valence-corrected chi connectivity index (χ0v) is 11.9. The van der Waals surface area contributed by atoms with E-state index in [1.165, 1.54) is 6.42 Å². The highest BCUT2D eigenvalue weighted by atomic mass is 32.1. The van der Waals surface area contributed by atoms with Gasteiger partial charge in [-0.1, -0.05) is 26.1 Å². The lowest BCUT2D eigenvalue weighted by Gasteiger charge is -2.32. The van der Waals surface area contributed by atoms with Crippen molar-refractivity contribution in [3.8, 4) is 5.75 Å². The van der Waals surface area contributed by atoms with Gasteiger partial charge in [-0.15, -0.1) is 0 Å². The summed E-state index contributed by atoms with van der Waals surface area (Å²) in [5.74, 6) is 2.49. The molecule has 3 heteroatoms. The number of hydrogen-bond donors (Lipinski definition) is 1. The zero-order chi connectivity index (χ0) is 13.1. The second-order valence-corrected chi connectivity index (χ2v) is 5.84. The van der Waals surface area contributed by atoms with E-state index in [9.17, 15) is 0 Å². The van der Waals surface area contributed by atoms with E-state index in [4.69, 9.17) is 22.7 Å². The maximum atomic E-state index is 6.02. The molecule has 3 atom stereocenters. The van der Waals surface area contributed by atoms with E-state index < -0.39 is 0 Å². The van der Waals surface area contributed by atoms with Gasteiger partial charge in [0, 0.05) is 5.56 Å². The molecule has 1 fully saturated rings. The molecule has 98 valence electrons. The van der Waals surface area contributed by atoms with Crippen molar-refractivity contribution in [2.45, 2.75) is 39.2 Å². The van der Waals surface area contributed by atoms with E-state index in [2.05, 4.69) is 13.8 Å². The molecule has 2 rings (SSSR count). The Bertz CT molecular complexity index is 415. The lowest BCUT2D eigenvalue weighted by molar-refractivity contribution is 0.101. The Kier molecular flexibility index (Phi) is 4.23. The standard InChI is InChI=1S/C15H21NOS/c1-10-3-6-14(9-11(10)2)17-13-7-4-12(5-8-13)15(16)18/h4-5,7-8,10-11,14H,3,6,9H2,1-2H3,(H2,16,18). The summed E-state index contributed by atoms with van der Waals surface area (Å²) in [4.78, 5) is 0.432. The molecule has 0 radical (unpaired) electrons. The molecule has 0 saturated heterocycles. The lowest BCUT2D eigenvalue weighted by Crippen LogP contribution is -2.28. The second kappa shape index (κ2) is 5.70. The summed E-state index contributed by atoms with van der Waals surface area (Å²) in [7, 11) is 0. The molecule has 0 aromatic heterocycles. The van der Waals surface area contributed by atoms with E-state index in [1.54, 1.807) is 0 Å². The van der Waals surface area contributed by atoms with Crippen LogP contribution in [0.5, 0.6) is 5.75 Å². The number of benzene rings is 1. The molecule has 2 N–H and O–H groups in total. The first-order chi connectivity index (χ1) is 8.56. The van der Waals surface area contributed by atoms with Gasteiger partial charge in [0.1, 0.15) is 10.7 Å². The largest absolute Gasteiger partial charge is 0.490 e. The summed E-state index contributed by atoms with van der Waals surface area (Å²) in [5.41, 5.74) is 6.46. The fourth-order valence-corrected chi connectivity index (χ4v) is 2.63. The van der Waals surface area contributed by atoms with Gasteiger partial charge in [0.25, 0.3) is 0 Å². The fraction of sp³-hybridized carbons (Fsp3) is 0.533. The third kappa shape index (κ3) is 3.22. The Morgan fingerprint density at radius 2 is 1.83 bits per heavy atom. The summed E-state index contributed by atoms with van der Waals surface area (Å²) in [5, 5.41) is 0. The quantitative estimate of drug-likeness (QED) is 0.847. The Hall–Kier alpha value is -1.09. The molecule has 1 aromatic rings. The number of ether oxygens (including phenoxy) is 1. The topological polar surface area (TPSA) is 35.2 Å². The Morgan fingerprint density at radius 3 is 2.39 bits per heavy atom. The predicted molar refractivity (Wildman–Crippen MR) is 78.9 cm³/mol. The average Bonchev–Trinajstić information content (AvgIpc) is 2.34. The minimum absolute atomic E-state index is 0.354. The number of nitrogens with two attached hydrogens (primary N) is 1. The van der Waals surface area contributed by atoms with Crippen LogP contribution in [-0.4, -0.2) is 11.1 Å². The lowest BCUT2D eigenvalue weighted by atomic mass is 9.80. The Labute approximate surface area is 115 Å². The van der Waals surface area contributed by atoms with Crippen molar-refractivity contribution in [3.05, 3.63) is 29.8 Å². The van der Waals surface area contributed by atoms with Gasteiger partial charge in [0.05, 0.1) is 6.10 Å². The molecule has 2 nitrogen and oxygen atoms in total. The summed E-state index contributed by atoms with van der Waals surface area (Å²) < 4.78 is 6.02. The maximum Gasteiger partial charge on any atom is 0.119 e. The minimum Gasteiger partial charge on any atom is -0.490 e. The monoisotopic (exact) mass is 263 g/mol. The van der Waals surface area contributed by atoms with E-state index in [0.29, 0.717) is 11.1 Å². The van der Waals surface area contributed by atoms with Crippen molar-refractivity contribution in [2.24, 2.45) is 17.6 Å². The average molecular weight is 263 g/mol. The van der Waals surface area contributed by atoms with Crippen LogP contribution < -0.4 is 10.5 Å². The smallest absolute Gasteiger partial charge is 0.119 e. The first-order valence-electron chi connectivity index (χ1n) is 6.63. The van der Waals surface area contributed by atoms with E-state index in [-0.39, 0.29) is 0 Å². The van der Waals surface area contributed by atoms with Crippen LogP contribution in [0.15, 0.2) is 24.3 Å². The van der Waals surface area contributed by atoms with Crippen LogP contribution in [0, 0.1) is 11.8 Å². The summed E-state index contributed by atoms with van der Waals surface area (Å²) in [6, 6.07) is 7.76. The van der Waals surface area contributed by atoms with Gasteiger partial charge < -0.3 is 10.5 Å². The van der Waals surface area contributed by atoms with Crippen LogP contribution in [0.25, 0.3) is 0 Å². The fourth-order valence-electron chi connectivity index (χ4n) is 2.50. The van der Waals surface area contributed by atoms with Gasteiger partial charge >= 0.3 is 0 Å². The van der Waals surface area contributed by atoms with Crippen LogP contribution >= 0.6 is 12.2 Å². The molecule has 1 aromatic carbocycles. The van der Waals surface area contributed by atoms with Crippen molar-refractivity contribution in [3.63, 3.8) is 0 Å². The molecule has 0 aliphatic heterocycles. The van der Waals surface area contributed by atoms with E-state index in [0.717, 1.165) is 36.0 Å². The van der Waals surface area contributed by atoms with Gasteiger partial charge in [-0.25, -0.2) is 0 Å². The van der Waals surface area contributed by atoms with Gasteiger partial charge in [-0.05, 0) is 55.4 Å². The van der Waals surface area contributed by atoms with Gasteiger partial charge in [0.15, 0.2) is 0 Å². The molecule has 0 spiro atoms. The van der Waals surface area contributed by atoms with Crippen molar-refractivity contribution >= 4 is 17.2 Å². The highest BCUT2D eigenvalue weighted by Gasteiger charge is 2.25. The third-order valence-corrected chi connectivity index (χ3v) is 4.23. The van der Waals surface area contributed by atoms with Crippen molar-refractivity contribution in [1.29, 1.82) is 0 Å². The molecule has 18 heavy (non-hydrogen) atoms. The number of hydrogen-bond acceptors (Lipinski definition) is 2. The van der Waals surface area contributed by atoms with E-state index >= 15 is 0 Å². The molecule has 3 unspecified atom stereocenters. The maximum absolute atomic E-state index is 6.02.